The molecule has 0 aliphatic carbocycles. The van der Waals surface area contributed by atoms with Gasteiger partial charge in [0.05, 0.1) is 11.2 Å². The van der Waals surface area contributed by atoms with Crippen molar-refractivity contribution in [1.29, 1.82) is 0 Å². The maximum atomic E-state index is 12.4. The molecule has 0 bridgehead atoms. The SMILES string of the molecule is CC1(O)CCN(C(=O)c2ccc(C(F)(F)F)cn2)CC1. The Kier molecular flexibility index (Phi) is 3.73. The normalized spacial score (nSPS) is 18.9. The van der Waals surface area contributed by atoms with Gasteiger partial charge in [0.25, 0.3) is 5.91 Å². The molecular weight excluding hydrogens is 273 g/mol. The average molecular weight is 288 g/mol. The summed E-state index contributed by atoms with van der Waals surface area (Å²) in [6.07, 6.45) is -2.91. The van der Waals surface area contributed by atoms with E-state index >= 15 is 0 Å². The minimum Gasteiger partial charge on any atom is -0.390 e. The van der Waals surface area contributed by atoms with Gasteiger partial charge >= 0.3 is 6.18 Å². The topological polar surface area (TPSA) is 53.4 Å². The molecule has 1 aliphatic heterocycles. The van der Waals surface area contributed by atoms with Crippen molar-refractivity contribution in [3.63, 3.8) is 0 Å². The van der Waals surface area contributed by atoms with Gasteiger partial charge in [-0.2, -0.15) is 13.2 Å². The minimum atomic E-state index is -4.46. The maximum absolute atomic E-state index is 12.4. The van der Waals surface area contributed by atoms with Crippen LogP contribution in [0.3, 0.4) is 0 Å². The fraction of sp³-hybridized carbons (Fsp3) is 0.538. The summed E-state index contributed by atoms with van der Waals surface area (Å²) in [5.74, 6) is -0.408. The lowest BCUT2D eigenvalue weighted by molar-refractivity contribution is -0.137. The van der Waals surface area contributed by atoms with Crippen molar-refractivity contribution in [2.45, 2.75) is 31.5 Å². The zero-order chi connectivity index (χ0) is 15.0. The number of likely N-dealkylation sites (tertiary alicyclic amines) is 1. The lowest BCUT2D eigenvalue weighted by Crippen LogP contribution is -2.45. The number of hydrogen-bond acceptors (Lipinski definition) is 3. The van der Waals surface area contributed by atoms with E-state index in [1.165, 1.54) is 4.90 Å². The number of aliphatic hydroxyl groups is 1. The van der Waals surface area contributed by atoms with Gasteiger partial charge in [-0.3, -0.25) is 9.78 Å². The molecule has 4 nitrogen and oxygen atoms in total. The molecule has 20 heavy (non-hydrogen) atoms. The van der Waals surface area contributed by atoms with Gasteiger partial charge in [-0.15, -0.1) is 0 Å². The Morgan fingerprint density at radius 3 is 2.40 bits per heavy atom. The number of halogens is 3. The molecule has 0 atom stereocenters. The third-order valence-electron chi connectivity index (χ3n) is 3.44. The average Bonchev–Trinajstić information content (AvgIpc) is 2.37. The number of carbonyl (C=O) groups is 1. The zero-order valence-corrected chi connectivity index (χ0v) is 10.9. The van der Waals surface area contributed by atoms with Crippen molar-refractivity contribution < 1.29 is 23.1 Å². The molecule has 0 spiro atoms. The smallest absolute Gasteiger partial charge is 0.390 e. The van der Waals surface area contributed by atoms with Crippen molar-refractivity contribution in [2.24, 2.45) is 0 Å². The first-order chi connectivity index (χ1) is 9.19. The molecule has 2 rings (SSSR count). The molecule has 0 aromatic carbocycles. The first-order valence-corrected chi connectivity index (χ1v) is 6.24. The highest BCUT2D eigenvalue weighted by atomic mass is 19.4. The Balaban J connectivity index is 2.07. The van der Waals surface area contributed by atoms with E-state index in [-0.39, 0.29) is 5.69 Å². The highest BCUT2D eigenvalue weighted by Crippen LogP contribution is 2.28. The maximum Gasteiger partial charge on any atom is 0.417 e. The van der Waals surface area contributed by atoms with E-state index < -0.39 is 23.2 Å². The minimum absolute atomic E-state index is 0.0143. The van der Waals surface area contributed by atoms with Gasteiger partial charge in [-0.1, -0.05) is 0 Å². The van der Waals surface area contributed by atoms with Crippen LogP contribution in [-0.4, -0.2) is 39.6 Å². The first kappa shape index (κ1) is 14.8. The summed E-state index contributed by atoms with van der Waals surface area (Å²) in [4.78, 5) is 17.1. The van der Waals surface area contributed by atoms with Crippen LogP contribution in [0.2, 0.25) is 0 Å². The van der Waals surface area contributed by atoms with E-state index in [4.69, 9.17) is 0 Å². The van der Waals surface area contributed by atoms with Crippen LogP contribution >= 0.6 is 0 Å². The molecule has 1 aromatic heterocycles. The van der Waals surface area contributed by atoms with Crippen LogP contribution in [0.4, 0.5) is 13.2 Å². The summed E-state index contributed by atoms with van der Waals surface area (Å²) >= 11 is 0. The molecule has 1 saturated heterocycles. The molecule has 0 radical (unpaired) electrons. The Morgan fingerprint density at radius 2 is 1.95 bits per heavy atom. The van der Waals surface area contributed by atoms with Gasteiger partial charge in [0, 0.05) is 19.3 Å². The van der Waals surface area contributed by atoms with E-state index in [0.29, 0.717) is 32.1 Å². The van der Waals surface area contributed by atoms with E-state index in [1.807, 2.05) is 0 Å². The second-order valence-corrected chi connectivity index (χ2v) is 5.22. The van der Waals surface area contributed by atoms with Gasteiger partial charge in [0.1, 0.15) is 5.69 Å². The number of piperidine rings is 1. The number of aromatic nitrogens is 1. The van der Waals surface area contributed by atoms with Crippen molar-refractivity contribution in [1.82, 2.24) is 9.88 Å². The summed E-state index contributed by atoms with van der Waals surface area (Å²) in [7, 11) is 0. The number of amides is 1. The summed E-state index contributed by atoms with van der Waals surface area (Å²) in [5, 5.41) is 9.79. The number of carbonyl (C=O) groups excluding carboxylic acids is 1. The van der Waals surface area contributed by atoms with Gasteiger partial charge in [0.15, 0.2) is 0 Å². The largest absolute Gasteiger partial charge is 0.417 e. The van der Waals surface area contributed by atoms with Crippen molar-refractivity contribution in [2.75, 3.05) is 13.1 Å². The molecule has 2 heterocycles. The van der Waals surface area contributed by atoms with Crippen LogP contribution in [0.25, 0.3) is 0 Å². The van der Waals surface area contributed by atoms with E-state index in [9.17, 15) is 23.1 Å². The van der Waals surface area contributed by atoms with Gasteiger partial charge < -0.3 is 10.0 Å². The Labute approximate surface area is 114 Å². The summed E-state index contributed by atoms with van der Waals surface area (Å²) < 4.78 is 37.2. The van der Waals surface area contributed by atoms with Crippen LogP contribution in [0.15, 0.2) is 18.3 Å². The second kappa shape index (κ2) is 5.05. The predicted octanol–water partition coefficient (Wildman–Crippen LogP) is 2.09. The van der Waals surface area contributed by atoms with Crippen molar-refractivity contribution >= 4 is 5.91 Å². The third-order valence-corrected chi connectivity index (χ3v) is 3.44. The first-order valence-electron chi connectivity index (χ1n) is 6.24. The summed E-state index contributed by atoms with van der Waals surface area (Å²) in [5.41, 5.74) is -1.68. The highest BCUT2D eigenvalue weighted by molar-refractivity contribution is 5.92. The van der Waals surface area contributed by atoms with Crippen LogP contribution in [0, 0.1) is 0 Å². The predicted molar refractivity (Wildman–Crippen MR) is 65.0 cm³/mol. The van der Waals surface area contributed by atoms with Crippen LogP contribution < -0.4 is 0 Å². The van der Waals surface area contributed by atoms with Gasteiger partial charge in [-0.05, 0) is 31.9 Å². The standard InChI is InChI=1S/C13H15F3N2O2/c1-12(20)4-6-18(7-5-12)11(19)10-3-2-9(8-17-10)13(14,15)16/h2-3,8,20H,4-7H2,1H3. The number of alkyl halides is 3. The van der Waals surface area contributed by atoms with Crippen LogP contribution in [0.5, 0.6) is 0 Å². The summed E-state index contributed by atoms with van der Waals surface area (Å²) in [6.45, 7) is 2.44. The lowest BCUT2D eigenvalue weighted by Gasteiger charge is -2.35. The fourth-order valence-corrected chi connectivity index (χ4v) is 2.04. The van der Waals surface area contributed by atoms with Crippen molar-refractivity contribution in [3.8, 4) is 0 Å². The quantitative estimate of drug-likeness (QED) is 0.861. The molecule has 1 N–H and O–H groups in total. The number of hydrogen-bond donors (Lipinski definition) is 1. The van der Waals surface area contributed by atoms with E-state index in [2.05, 4.69) is 4.98 Å². The lowest BCUT2D eigenvalue weighted by atomic mass is 9.94. The monoisotopic (exact) mass is 288 g/mol. The molecule has 0 saturated carbocycles. The molecule has 1 amide bonds. The Morgan fingerprint density at radius 1 is 1.35 bits per heavy atom. The summed E-state index contributed by atoms with van der Waals surface area (Å²) in [6, 6.07) is 1.93. The van der Waals surface area contributed by atoms with Crippen LogP contribution in [-0.2, 0) is 6.18 Å². The molecule has 7 heteroatoms. The number of nitrogens with zero attached hydrogens (tertiary/aromatic N) is 2. The highest BCUT2D eigenvalue weighted by Gasteiger charge is 2.32. The van der Waals surface area contributed by atoms with Crippen LogP contribution in [0.1, 0.15) is 35.8 Å². The molecular formula is C13H15F3N2O2. The van der Waals surface area contributed by atoms with Gasteiger partial charge in [-0.25, -0.2) is 0 Å². The second-order valence-electron chi connectivity index (χ2n) is 5.22. The molecule has 0 unspecified atom stereocenters. The third kappa shape index (κ3) is 3.27. The van der Waals surface area contributed by atoms with Crippen molar-refractivity contribution in [3.05, 3.63) is 29.6 Å². The fourth-order valence-electron chi connectivity index (χ4n) is 2.04. The molecule has 1 fully saturated rings. The molecule has 1 aliphatic rings. The molecule has 1 aromatic rings. The number of pyridine rings is 1. The van der Waals surface area contributed by atoms with E-state index in [1.54, 1.807) is 6.92 Å². The number of rotatable bonds is 1. The zero-order valence-electron chi connectivity index (χ0n) is 10.9. The van der Waals surface area contributed by atoms with E-state index in [0.717, 1.165) is 12.1 Å². The Bertz CT molecular complexity index is 487. The Hall–Kier alpha value is -1.63. The van der Waals surface area contributed by atoms with Gasteiger partial charge in [0.2, 0.25) is 0 Å². The molecule has 110 valence electrons.